The van der Waals surface area contributed by atoms with Gasteiger partial charge in [0.2, 0.25) is 0 Å². The smallest absolute Gasteiger partial charge is 0.447 e. The summed E-state index contributed by atoms with van der Waals surface area (Å²) < 4.78 is 65.7. The Morgan fingerprint density at radius 1 is 1.06 bits per heavy atom. The molecule has 1 aromatic carbocycles. The molecule has 170 valence electrons. The van der Waals surface area contributed by atoms with Gasteiger partial charge in [0.1, 0.15) is 12.1 Å². The van der Waals surface area contributed by atoms with Crippen molar-refractivity contribution >= 4 is 22.0 Å². The fourth-order valence-electron chi connectivity index (χ4n) is 3.95. The van der Waals surface area contributed by atoms with Crippen LogP contribution in [-0.4, -0.2) is 92.2 Å². The van der Waals surface area contributed by atoms with Gasteiger partial charge in [0, 0.05) is 32.7 Å². The van der Waals surface area contributed by atoms with Crippen molar-refractivity contribution in [1.82, 2.24) is 20.0 Å². The van der Waals surface area contributed by atoms with E-state index < -0.39 is 31.9 Å². The molecule has 0 atom stereocenters. The summed E-state index contributed by atoms with van der Waals surface area (Å²) in [6, 6.07) is 4.56. The molecule has 1 spiro atoms. The van der Waals surface area contributed by atoms with E-state index in [1.54, 1.807) is 9.80 Å². The lowest BCUT2D eigenvalue weighted by atomic mass is 9.92. The number of halogens is 3. The van der Waals surface area contributed by atoms with Crippen LogP contribution < -0.4 is 5.32 Å². The third-order valence-electron chi connectivity index (χ3n) is 5.69. The molecule has 3 aliphatic heterocycles. The van der Waals surface area contributed by atoms with Gasteiger partial charge >= 0.3 is 17.6 Å². The maximum Gasteiger partial charge on any atom is 0.501 e. The number of hydrogen-bond donors (Lipinski definition) is 1. The minimum atomic E-state index is -5.35. The molecular formula is C18H21F3N4O5S. The first kappa shape index (κ1) is 21.7. The van der Waals surface area contributed by atoms with Gasteiger partial charge in [0.15, 0.2) is 0 Å². The lowest BCUT2D eigenvalue weighted by Crippen LogP contribution is -2.71. The van der Waals surface area contributed by atoms with Crippen molar-refractivity contribution in [2.24, 2.45) is 0 Å². The number of carbonyl (C=O) groups is 2. The first-order chi connectivity index (χ1) is 14.5. The van der Waals surface area contributed by atoms with Gasteiger partial charge in [-0.05, 0) is 17.7 Å². The fourth-order valence-corrected chi connectivity index (χ4v) is 4.71. The molecule has 1 aromatic rings. The molecule has 9 nitrogen and oxygen atoms in total. The summed E-state index contributed by atoms with van der Waals surface area (Å²) in [5, 5.41) is 2.73. The number of hydrogen-bond acceptors (Lipinski definition) is 6. The Morgan fingerprint density at radius 2 is 1.68 bits per heavy atom. The maximum absolute atomic E-state index is 12.6. The number of alkyl carbamates (subject to hydrolysis) is 1. The molecule has 13 heteroatoms. The summed E-state index contributed by atoms with van der Waals surface area (Å²) in [6.45, 7) is 3.64. The Morgan fingerprint density at radius 3 is 2.19 bits per heavy atom. The van der Waals surface area contributed by atoms with Gasteiger partial charge < -0.3 is 19.9 Å². The molecule has 3 amide bonds. The zero-order valence-corrected chi connectivity index (χ0v) is 17.2. The van der Waals surface area contributed by atoms with Crippen LogP contribution in [0.3, 0.4) is 0 Å². The second kappa shape index (κ2) is 7.55. The van der Waals surface area contributed by atoms with Crippen molar-refractivity contribution in [2.45, 2.75) is 22.5 Å². The number of carbonyl (C=O) groups excluding carboxylic acids is 2. The van der Waals surface area contributed by atoms with Crippen LogP contribution in [0.5, 0.6) is 0 Å². The van der Waals surface area contributed by atoms with Crippen LogP contribution in [0.1, 0.15) is 5.56 Å². The minimum absolute atomic E-state index is 0.104. The normalized spacial score (nSPS) is 21.6. The fraction of sp³-hybridized carbons (Fsp3) is 0.556. The molecule has 3 heterocycles. The van der Waals surface area contributed by atoms with Crippen molar-refractivity contribution in [3.05, 3.63) is 29.8 Å². The predicted molar refractivity (Wildman–Crippen MR) is 101 cm³/mol. The third kappa shape index (κ3) is 4.15. The maximum atomic E-state index is 12.6. The summed E-state index contributed by atoms with van der Waals surface area (Å²) >= 11 is 0. The van der Waals surface area contributed by atoms with Crippen LogP contribution in [0.4, 0.5) is 22.8 Å². The Kier molecular flexibility index (Phi) is 5.28. The molecule has 0 aliphatic carbocycles. The lowest BCUT2D eigenvalue weighted by molar-refractivity contribution is -0.0436. The molecule has 0 saturated carbocycles. The molecule has 3 aliphatic rings. The number of piperazine rings is 1. The van der Waals surface area contributed by atoms with Crippen molar-refractivity contribution in [2.75, 3.05) is 45.9 Å². The standard InChI is InChI=1S/C18H21F3N4O5S/c19-18(20,21)31(28,29)14-3-1-13(2-4-14)9-23-5-7-24(8-6-23)16(27)25-10-17(11-25)12-30-15(26)22-17/h1-4H,5-12H2,(H,22,26). The number of likely N-dealkylation sites (tertiary alicyclic amines) is 1. The van der Waals surface area contributed by atoms with Crippen molar-refractivity contribution < 1.29 is 35.9 Å². The van der Waals surface area contributed by atoms with Crippen LogP contribution in [0.25, 0.3) is 0 Å². The molecular weight excluding hydrogens is 441 g/mol. The number of sulfone groups is 1. The number of nitrogens with zero attached hydrogens (tertiary/aromatic N) is 3. The zero-order chi connectivity index (χ0) is 22.4. The second-order valence-corrected chi connectivity index (χ2v) is 9.92. The van der Waals surface area contributed by atoms with Gasteiger partial charge in [-0.2, -0.15) is 13.2 Å². The molecule has 0 unspecified atom stereocenters. The summed E-state index contributed by atoms with van der Waals surface area (Å²) in [7, 11) is -5.35. The van der Waals surface area contributed by atoms with Crippen LogP contribution in [0.2, 0.25) is 0 Å². The SMILES string of the molecule is O=C1NC2(CO1)CN(C(=O)N1CCN(Cc3ccc(S(=O)(=O)C(F)(F)F)cc3)CC1)C2. The number of amides is 3. The summed E-state index contributed by atoms with van der Waals surface area (Å²) in [4.78, 5) is 28.4. The highest BCUT2D eigenvalue weighted by Gasteiger charge is 2.52. The minimum Gasteiger partial charge on any atom is -0.447 e. The quantitative estimate of drug-likeness (QED) is 0.720. The van der Waals surface area contributed by atoms with Gasteiger partial charge in [0.25, 0.3) is 9.84 Å². The number of nitrogens with one attached hydrogen (secondary N) is 1. The molecule has 0 radical (unpaired) electrons. The number of ether oxygens (including phenoxy) is 1. The average Bonchev–Trinajstić information content (AvgIpc) is 3.09. The average molecular weight is 462 g/mol. The monoisotopic (exact) mass is 462 g/mol. The first-order valence-corrected chi connectivity index (χ1v) is 11.1. The number of urea groups is 1. The van der Waals surface area contributed by atoms with E-state index in [9.17, 15) is 31.2 Å². The molecule has 3 saturated heterocycles. The Hall–Kier alpha value is -2.54. The number of alkyl halides is 3. The summed E-state index contributed by atoms with van der Waals surface area (Å²) in [5.74, 6) is 0. The molecule has 31 heavy (non-hydrogen) atoms. The van der Waals surface area contributed by atoms with E-state index >= 15 is 0 Å². The largest absolute Gasteiger partial charge is 0.501 e. The summed E-state index contributed by atoms with van der Waals surface area (Å²) in [5.41, 5.74) is -5.12. The van der Waals surface area contributed by atoms with E-state index in [4.69, 9.17) is 4.74 Å². The van der Waals surface area contributed by atoms with Gasteiger partial charge in [-0.1, -0.05) is 12.1 Å². The highest BCUT2D eigenvalue weighted by molar-refractivity contribution is 7.92. The number of cyclic esters (lactones) is 1. The molecule has 0 bridgehead atoms. The van der Waals surface area contributed by atoms with Gasteiger partial charge in [-0.25, -0.2) is 18.0 Å². The number of benzene rings is 1. The van der Waals surface area contributed by atoms with E-state index in [0.29, 0.717) is 51.4 Å². The van der Waals surface area contributed by atoms with Gasteiger partial charge in [0.05, 0.1) is 18.0 Å². The van der Waals surface area contributed by atoms with Crippen molar-refractivity contribution in [3.63, 3.8) is 0 Å². The van der Waals surface area contributed by atoms with E-state index in [1.807, 2.05) is 4.90 Å². The molecule has 1 N–H and O–H groups in total. The van der Waals surface area contributed by atoms with E-state index in [2.05, 4.69) is 5.32 Å². The Bertz CT molecular complexity index is 969. The van der Waals surface area contributed by atoms with E-state index in [0.717, 1.165) is 12.1 Å². The van der Waals surface area contributed by atoms with Crippen molar-refractivity contribution in [3.8, 4) is 0 Å². The molecule has 4 rings (SSSR count). The molecule has 0 aromatic heterocycles. The Labute approximate surface area is 176 Å². The van der Waals surface area contributed by atoms with E-state index in [1.165, 1.54) is 12.1 Å². The second-order valence-electron chi connectivity index (χ2n) is 7.98. The van der Waals surface area contributed by atoms with Crippen LogP contribution in [0.15, 0.2) is 29.2 Å². The number of rotatable bonds is 3. The van der Waals surface area contributed by atoms with Crippen LogP contribution in [0, 0.1) is 0 Å². The molecule has 3 fully saturated rings. The van der Waals surface area contributed by atoms with Crippen molar-refractivity contribution in [1.29, 1.82) is 0 Å². The Balaban J connectivity index is 1.26. The van der Waals surface area contributed by atoms with E-state index in [-0.39, 0.29) is 12.6 Å². The zero-order valence-electron chi connectivity index (χ0n) is 16.4. The van der Waals surface area contributed by atoms with Gasteiger partial charge in [-0.15, -0.1) is 0 Å². The van der Waals surface area contributed by atoms with Crippen LogP contribution in [-0.2, 0) is 21.1 Å². The predicted octanol–water partition coefficient (Wildman–Crippen LogP) is 1.01. The van der Waals surface area contributed by atoms with Crippen LogP contribution >= 0.6 is 0 Å². The summed E-state index contributed by atoms with van der Waals surface area (Å²) in [6.07, 6.45) is -0.468. The lowest BCUT2D eigenvalue weighted by Gasteiger charge is -2.48. The van der Waals surface area contributed by atoms with Gasteiger partial charge in [-0.3, -0.25) is 4.90 Å². The topological polar surface area (TPSA) is 99.3 Å². The first-order valence-electron chi connectivity index (χ1n) is 9.61. The highest BCUT2D eigenvalue weighted by atomic mass is 32.2. The third-order valence-corrected chi connectivity index (χ3v) is 7.19. The highest BCUT2D eigenvalue weighted by Crippen LogP contribution is 2.30.